The summed E-state index contributed by atoms with van der Waals surface area (Å²) in [6.45, 7) is 8.44. The Bertz CT molecular complexity index is 398. The van der Waals surface area contributed by atoms with Crippen LogP contribution < -0.4 is 5.32 Å². The molecular weight excluding hydrogens is 224 g/mol. The fourth-order valence-corrected chi connectivity index (χ4v) is 1.48. The maximum absolute atomic E-state index is 9.10. The van der Waals surface area contributed by atoms with Crippen molar-refractivity contribution in [1.29, 1.82) is 5.26 Å². The summed E-state index contributed by atoms with van der Waals surface area (Å²) >= 11 is 0. The number of aryl methyl sites for hydroxylation is 1. The van der Waals surface area contributed by atoms with Crippen molar-refractivity contribution < 1.29 is 4.74 Å². The van der Waals surface area contributed by atoms with Crippen LogP contribution in [0, 0.1) is 18.3 Å². The Labute approximate surface area is 110 Å². The molecule has 0 aliphatic carbocycles. The summed E-state index contributed by atoms with van der Waals surface area (Å²) in [7, 11) is 0. The number of hydrogen-bond acceptors (Lipinski definition) is 3. The second-order valence-electron chi connectivity index (χ2n) is 5.48. The van der Waals surface area contributed by atoms with Gasteiger partial charge in [-0.15, -0.1) is 0 Å². The fraction of sp³-hybridized carbons (Fsp3) is 0.533. The van der Waals surface area contributed by atoms with Crippen molar-refractivity contribution in [1.82, 2.24) is 5.32 Å². The third-order valence-corrected chi connectivity index (χ3v) is 2.55. The highest BCUT2D eigenvalue weighted by Gasteiger charge is 2.12. The van der Waals surface area contributed by atoms with Gasteiger partial charge in [0, 0.05) is 6.42 Å². The zero-order chi connectivity index (χ0) is 13.6. The Balaban J connectivity index is 2.43. The first-order valence-corrected chi connectivity index (χ1v) is 6.23. The molecule has 0 amide bonds. The molecule has 1 aromatic rings. The molecule has 0 aliphatic heterocycles. The highest BCUT2D eigenvalue weighted by atomic mass is 16.5. The molecule has 3 heteroatoms. The van der Waals surface area contributed by atoms with Crippen molar-refractivity contribution in [2.75, 3.05) is 6.73 Å². The summed E-state index contributed by atoms with van der Waals surface area (Å²) in [5, 5.41) is 12.2. The first-order chi connectivity index (χ1) is 8.40. The van der Waals surface area contributed by atoms with E-state index in [1.165, 1.54) is 5.56 Å². The Morgan fingerprint density at radius 2 is 1.89 bits per heavy atom. The third-order valence-electron chi connectivity index (χ3n) is 2.55. The molecule has 18 heavy (non-hydrogen) atoms. The summed E-state index contributed by atoms with van der Waals surface area (Å²) in [5.74, 6) is 0. The van der Waals surface area contributed by atoms with E-state index in [1.54, 1.807) is 0 Å². The van der Waals surface area contributed by atoms with E-state index in [9.17, 15) is 0 Å². The van der Waals surface area contributed by atoms with Gasteiger partial charge in [-0.25, -0.2) is 0 Å². The normalized spacial score (nSPS) is 13.1. The highest BCUT2D eigenvalue weighted by molar-refractivity contribution is 5.23. The molecule has 0 fully saturated rings. The summed E-state index contributed by atoms with van der Waals surface area (Å²) < 4.78 is 5.56. The van der Waals surface area contributed by atoms with Gasteiger partial charge in [-0.2, -0.15) is 5.26 Å². The van der Waals surface area contributed by atoms with Crippen LogP contribution in [0.25, 0.3) is 0 Å². The van der Waals surface area contributed by atoms with Gasteiger partial charge < -0.3 is 4.74 Å². The maximum atomic E-state index is 9.10. The van der Waals surface area contributed by atoms with Crippen LogP contribution in [0.2, 0.25) is 0 Å². The smallest absolute Gasteiger partial charge is 0.101 e. The highest BCUT2D eigenvalue weighted by Crippen LogP contribution is 2.07. The quantitative estimate of drug-likeness (QED) is 0.813. The van der Waals surface area contributed by atoms with Crippen molar-refractivity contribution in [3.63, 3.8) is 0 Å². The number of benzene rings is 1. The van der Waals surface area contributed by atoms with E-state index in [0.29, 0.717) is 13.2 Å². The minimum atomic E-state index is -0.213. The van der Waals surface area contributed by atoms with Gasteiger partial charge in [0.25, 0.3) is 0 Å². The first kappa shape index (κ1) is 14.7. The van der Waals surface area contributed by atoms with E-state index >= 15 is 0 Å². The van der Waals surface area contributed by atoms with E-state index in [2.05, 4.69) is 42.6 Å². The molecule has 0 bridgehead atoms. The van der Waals surface area contributed by atoms with Crippen LogP contribution in [-0.2, 0) is 11.2 Å². The van der Waals surface area contributed by atoms with Crippen molar-refractivity contribution in [3.05, 3.63) is 35.4 Å². The molecule has 0 radical (unpaired) electrons. The van der Waals surface area contributed by atoms with Crippen LogP contribution in [-0.4, -0.2) is 18.4 Å². The Morgan fingerprint density at radius 1 is 1.28 bits per heavy atom. The lowest BCUT2D eigenvalue weighted by molar-refractivity contribution is -0.0151. The van der Waals surface area contributed by atoms with E-state index in [4.69, 9.17) is 10.00 Å². The van der Waals surface area contributed by atoms with Crippen molar-refractivity contribution in [2.24, 2.45) is 0 Å². The second-order valence-corrected chi connectivity index (χ2v) is 5.48. The van der Waals surface area contributed by atoms with E-state index in [-0.39, 0.29) is 11.6 Å². The summed E-state index contributed by atoms with van der Waals surface area (Å²) in [4.78, 5) is 0. The molecule has 1 N–H and O–H groups in total. The van der Waals surface area contributed by atoms with E-state index in [0.717, 1.165) is 5.56 Å². The van der Waals surface area contributed by atoms with Crippen LogP contribution in [0.4, 0.5) is 0 Å². The predicted octanol–water partition coefficient (Wildman–Crippen LogP) is 2.79. The number of rotatable bonds is 5. The number of nitriles is 1. The Hall–Kier alpha value is -1.37. The van der Waals surface area contributed by atoms with Crippen molar-refractivity contribution in [3.8, 4) is 6.07 Å². The topological polar surface area (TPSA) is 45.0 Å². The molecule has 0 spiro atoms. The lowest BCUT2D eigenvalue weighted by atomic mass is 10.1. The maximum Gasteiger partial charge on any atom is 0.101 e. The minimum absolute atomic E-state index is 0.184. The molecule has 0 heterocycles. The predicted molar refractivity (Wildman–Crippen MR) is 73.1 cm³/mol. The van der Waals surface area contributed by atoms with Gasteiger partial charge in [-0.1, -0.05) is 29.8 Å². The minimum Gasteiger partial charge on any atom is -0.361 e. The zero-order valence-electron chi connectivity index (χ0n) is 11.7. The van der Waals surface area contributed by atoms with Crippen LogP contribution in [0.5, 0.6) is 0 Å². The van der Waals surface area contributed by atoms with Crippen LogP contribution in [0.3, 0.4) is 0 Å². The summed E-state index contributed by atoms with van der Waals surface area (Å²) in [6.07, 6.45) is 0.699. The SMILES string of the molecule is Cc1ccc(CC(C#N)NCOC(C)(C)C)cc1. The lowest BCUT2D eigenvalue weighted by Crippen LogP contribution is -2.35. The van der Waals surface area contributed by atoms with Crippen molar-refractivity contribution >= 4 is 0 Å². The molecule has 0 saturated heterocycles. The van der Waals surface area contributed by atoms with Gasteiger partial charge in [-0.3, -0.25) is 5.32 Å². The standard InChI is InChI=1S/C15H22N2O/c1-12-5-7-13(8-6-12)9-14(10-16)17-11-18-15(2,3)4/h5-8,14,17H,9,11H2,1-4H3. The molecule has 0 saturated carbocycles. The largest absolute Gasteiger partial charge is 0.361 e. The molecule has 0 aromatic heterocycles. The van der Waals surface area contributed by atoms with Crippen LogP contribution >= 0.6 is 0 Å². The first-order valence-electron chi connectivity index (χ1n) is 6.23. The van der Waals surface area contributed by atoms with Gasteiger partial charge in [0.05, 0.1) is 18.4 Å². The average Bonchev–Trinajstić information content (AvgIpc) is 2.29. The van der Waals surface area contributed by atoms with Gasteiger partial charge in [0.15, 0.2) is 0 Å². The van der Waals surface area contributed by atoms with Crippen LogP contribution in [0.15, 0.2) is 24.3 Å². The fourth-order valence-electron chi connectivity index (χ4n) is 1.48. The van der Waals surface area contributed by atoms with E-state index in [1.807, 2.05) is 20.8 Å². The number of ether oxygens (including phenoxy) is 1. The zero-order valence-corrected chi connectivity index (χ0v) is 11.7. The monoisotopic (exact) mass is 246 g/mol. The molecule has 0 aliphatic rings. The Morgan fingerprint density at radius 3 is 2.39 bits per heavy atom. The third kappa shape index (κ3) is 5.81. The molecule has 1 unspecified atom stereocenters. The summed E-state index contributed by atoms with van der Waals surface area (Å²) in [6, 6.07) is 10.3. The average molecular weight is 246 g/mol. The van der Waals surface area contributed by atoms with Gasteiger partial charge in [-0.05, 0) is 33.3 Å². The van der Waals surface area contributed by atoms with Gasteiger partial charge in [0.1, 0.15) is 6.04 Å². The number of hydrogen-bond donors (Lipinski definition) is 1. The van der Waals surface area contributed by atoms with Crippen molar-refractivity contribution in [2.45, 2.75) is 45.8 Å². The number of nitrogens with zero attached hydrogens (tertiary/aromatic N) is 1. The molecule has 1 aromatic carbocycles. The second kappa shape index (κ2) is 6.53. The van der Waals surface area contributed by atoms with E-state index < -0.39 is 0 Å². The molecule has 1 atom stereocenters. The molecule has 1 rings (SSSR count). The van der Waals surface area contributed by atoms with Crippen LogP contribution in [0.1, 0.15) is 31.9 Å². The van der Waals surface area contributed by atoms with Gasteiger partial charge >= 0.3 is 0 Å². The Kier molecular flexibility index (Phi) is 5.33. The number of nitrogens with one attached hydrogen (secondary N) is 1. The van der Waals surface area contributed by atoms with Gasteiger partial charge in [0.2, 0.25) is 0 Å². The lowest BCUT2D eigenvalue weighted by Gasteiger charge is -2.21. The summed E-state index contributed by atoms with van der Waals surface area (Å²) in [5.41, 5.74) is 2.21. The molecular formula is C15H22N2O. The molecule has 3 nitrogen and oxygen atoms in total. The molecule has 98 valence electrons.